The van der Waals surface area contributed by atoms with Gasteiger partial charge in [0.15, 0.2) is 0 Å². The van der Waals surface area contributed by atoms with Gasteiger partial charge < -0.3 is 0 Å². The van der Waals surface area contributed by atoms with E-state index in [0.29, 0.717) is 5.56 Å². The van der Waals surface area contributed by atoms with Gasteiger partial charge in [-0.3, -0.25) is 15.8 Å². The molecule has 100 valence electrons. The van der Waals surface area contributed by atoms with Crippen molar-refractivity contribution in [2.75, 3.05) is 0 Å². The lowest BCUT2D eigenvalue weighted by Crippen LogP contribution is -2.29. The molecule has 3 aromatic rings. The fraction of sp³-hybridized carbons (Fsp3) is 0.0667. The fourth-order valence-electron chi connectivity index (χ4n) is 2.23. The molecule has 0 aliphatic carbocycles. The van der Waals surface area contributed by atoms with E-state index in [1.807, 2.05) is 30.3 Å². The molecular weight excluding hydrogens is 255 g/mol. The van der Waals surface area contributed by atoms with Crippen molar-refractivity contribution in [2.24, 2.45) is 5.84 Å². The molecule has 3 N–H and O–H groups in total. The Morgan fingerprint density at radius 3 is 2.80 bits per heavy atom. The highest BCUT2D eigenvalue weighted by atomic mass is 19.1. The molecule has 0 bridgehead atoms. The maximum absolute atomic E-state index is 13.3. The van der Waals surface area contributed by atoms with Gasteiger partial charge in [-0.2, -0.15) is 0 Å². The Balaban J connectivity index is 2.07. The van der Waals surface area contributed by atoms with Crippen molar-refractivity contribution in [3.63, 3.8) is 0 Å². The van der Waals surface area contributed by atoms with Gasteiger partial charge in [-0.1, -0.05) is 18.2 Å². The van der Waals surface area contributed by atoms with Gasteiger partial charge in [0.05, 0.1) is 17.8 Å². The second-order valence-electron chi connectivity index (χ2n) is 4.49. The lowest BCUT2D eigenvalue weighted by molar-refractivity contribution is 0.598. The first-order chi connectivity index (χ1) is 9.78. The van der Waals surface area contributed by atoms with Crippen LogP contribution in [0.15, 0.2) is 55.0 Å². The molecule has 0 aliphatic heterocycles. The van der Waals surface area contributed by atoms with Crippen LogP contribution in [0.3, 0.4) is 0 Å². The maximum atomic E-state index is 13.3. The molecule has 1 unspecified atom stereocenters. The zero-order valence-corrected chi connectivity index (χ0v) is 10.6. The summed E-state index contributed by atoms with van der Waals surface area (Å²) in [6, 6.07) is 10.8. The zero-order chi connectivity index (χ0) is 13.9. The first-order valence-electron chi connectivity index (χ1n) is 6.19. The predicted molar refractivity (Wildman–Crippen MR) is 75.1 cm³/mol. The molecule has 20 heavy (non-hydrogen) atoms. The van der Waals surface area contributed by atoms with Crippen LogP contribution in [-0.2, 0) is 0 Å². The Bertz CT molecular complexity index is 745. The van der Waals surface area contributed by atoms with E-state index in [1.165, 1.54) is 12.3 Å². The van der Waals surface area contributed by atoms with Gasteiger partial charge in [-0.25, -0.2) is 9.82 Å². The Hall–Kier alpha value is -2.37. The van der Waals surface area contributed by atoms with Crippen LogP contribution in [0.5, 0.6) is 0 Å². The van der Waals surface area contributed by atoms with Gasteiger partial charge >= 0.3 is 0 Å². The van der Waals surface area contributed by atoms with Gasteiger partial charge in [0.2, 0.25) is 0 Å². The molecular formula is C15H13FN4. The second kappa shape index (κ2) is 5.32. The Morgan fingerprint density at radius 2 is 2.00 bits per heavy atom. The number of aromatic nitrogens is 2. The number of nitrogens with two attached hydrogens (primary N) is 1. The molecule has 0 saturated heterocycles. The largest absolute Gasteiger partial charge is 0.271 e. The zero-order valence-electron chi connectivity index (χ0n) is 10.6. The van der Waals surface area contributed by atoms with Gasteiger partial charge in [0.25, 0.3) is 0 Å². The minimum atomic E-state index is -0.387. The molecule has 0 amide bonds. The highest BCUT2D eigenvalue weighted by Gasteiger charge is 2.14. The molecule has 0 fully saturated rings. The quantitative estimate of drug-likeness (QED) is 0.565. The average molecular weight is 268 g/mol. The van der Waals surface area contributed by atoms with E-state index in [9.17, 15) is 4.39 Å². The van der Waals surface area contributed by atoms with Crippen LogP contribution in [-0.4, -0.2) is 9.97 Å². The summed E-state index contributed by atoms with van der Waals surface area (Å²) < 4.78 is 13.3. The third-order valence-electron chi connectivity index (χ3n) is 3.19. The fourth-order valence-corrected chi connectivity index (χ4v) is 2.23. The van der Waals surface area contributed by atoms with Crippen LogP contribution in [0.1, 0.15) is 17.2 Å². The molecule has 1 aromatic carbocycles. The summed E-state index contributed by atoms with van der Waals surface area (Å²) in [5.74, 6) is 5.22. The lowest BCUT2D eigenvalue weighted by Gasteiger charge is -2.17. The van der Waals surface area contributed by atoms with Gasteiger partial charge in [0.1, 0.15) is 5.82 Å². The van der Waals surface area contributed by atoms with Crippen LogP contribution in [0.2, 0.25) is 0 Å². The number of benzene rings is 1. The third kappa shape index (κ3) is 2.36. The highest BCUT2D eigenvalue weighted by Crippen LogP contribution is 2.24. The molecule has 1 atom stereocenters. The number of pyridine rings is 2. The van der Waals surface area contributed by atoms with Crippen LogP contribution in [0.4, 0.5) is 4.39 Å². The molecule has 2 aromatic heterocycles. The Labute approximate surface area is 115 Å². The van der Waals surface area contributed by atoms with E-state index in [2.05, 4.69) is 15.4 Å². The number of rotatable bonds is 3. The van der Waals surface area contributed by atoms with Crippen molar-refractivity contribution in [3.05, 3.63) is 71.9 Å². The van der Waals surface area contributed by atoms with Crippen LogP contribution >= 0.6 is 0 Å². The number of nitrogens with zero attached hydrogens (tertiary/aromatic N) is 2. The number of hydrogen-bond acceptors (Lipinski definition) is 4. The lowest BCUT2D eigenvalue weighted by atomic mass is 9.99. The standard InChI is InChI=1S/C15H13FN4/c16-13-6-12(8-18-9-13)15(20-17)11-4-3-10-2-1-5-19-14(10)7-11/h1-9,15,20H,17H2. The molecule has 3 rings (SSSR count). The highest BCUT2D eigenvalue weighted by molar-refractivity contribution is 5.79. The number of hydrogen-bond donors (Lipinski definition) is 2. The molecule has 4 nitrogen and oxygen atoms in total. The van der Waals surface area contributed by atoms with Gasteiger partial charge in [-0.15, -0.1) is 0 Å². The number of nitrogens with one attached hydrogen (secondary N) is 1. The summed E-state index contributed by atoms with van der Waals surface area (Å²) >= 11 is 0. The topological polar surface area (TPSA) is 63.8 Å². The molecule has 0 radical (unpaired) electrons. The summed E-state index contributed by atoms with van der Waals surface area (Å²) in [5, 5.41) is 1.05. The first kappa shape index (κ1) is 12.7. The first-order valence-corrected chi connectivity index (χ1v) is 6.19. The Kier molecular flexibility index (Phi) is 3.37. The second-order valence-corrected chi connectivity index (χ2v) is 4.49. The number of halogens is 1. The molecule has 5 heteroatoms. The SMILES string of the molecule is NNC(c1cncc(F)c1)c1ccc2cccnc2c1. The van der Waals surface area contributed by atoms with E-state index in [4.69, 9.17) is 5.84 Å². The van der Waals surface area contributed by atoms with Crippen molar-refractivity contribution < 1.29 is 4.39 Å². The van der Waals surface area contributed by atoms with Crippen molar-refractivity contribution in [1.29, 1.82) is 0 Å². The number of hydrazine groups is 1. The van der Waals surface area contributed by atoms with Gasteiger partial charge in [-0.05, 0) is 29.3 Å². The van der Waals surface area contributed by atoms with Crippen molar-refractivity contribution in [2.45, 2.75) is 6.04 Å². The van der Waals surface area contributed by atoms with Crippen molar-refractivity contribution >= 4 is 10.9 Å². The summed E-state index contributed by atoms with van der Waals surface area (Å²) in [5.41, 5.74) is 5.14. The number of fused-ring (bicyclic) bond motifs is 1. The van der Waals surface area contributed by atoms with E-state index in [-0.39, 0.29) is 11.9 Å². The van der Waals surface area contributed by atoms with E-state index in [0.717, 1.165) is 16.5 Å². The van der Waals surface area contributed by atoms with E-state index >= 15 is 0 Å². The molecule has 0 saturated carbocycles. The maximum Gasteiger partial charge on any atom is 0.141 e. The van der Waals surface area contributed by atoms with Crippen molar-refractivity contribution in [3.8, 4) is 0 Å². The summed E-state index contributed by atoms with van der Waals surface area (Å²) in [7, 11) is 0. The minimum absolute atomic E-state index is 0.329. The average Bonchev–Trinajstić information content (AvgIpc) is 2.48. The normalized spacial score (nSPS) is 12.5. The molecule has 2 heterocycles. The van der Waals surface area contributed by atoms with Gasteiger partial charge in [0, 0.05) is 17.8 Å². The third-order valence-corrected chi connectivity index (χ3v) is 3.19. The summed E-state index contributed by atoms with van der Waals surface area (Å²) in [4.78, 5) is 8.17. The Morgan fingerprint density at radius 1 is 1.10 bits per heavy atom. The minimum Gasteiger partial charge on any atom is -0.271 e. The predicted octanol–water partition coefficient (Wildman–Crippen LogP) is 2.32. The summed E-state index contributed by atoms with van der Waals surface area (Å²) in [6.45, 7) is 0. The molecule has 0 aliphatic rings. The monoisotopic (exact) mass is 268 g/mol. The van der Waals surface area contributed by atoms with E-state index in [1.54, 1.807) is 12.4 Å². The van der Waals surface area contributed by atoms with Crippen LogP contribution in [0.25, 0.3) is 10.9 Å². The van der Waals surface area contributed by atoms with Crippen LogP contribution < -0.4 is 11.3 Å². The molecule has 0 spiro atoms. The summed E-state index contributed by atoms with van der Waals surface area (Å²) in [6.07, 6.45) is 4.50. The van der Waals surface area contributed by atoms with Crippen LogP contribution in [0, 0.1) is 5.82 Å². The van der Waals surface area contributed by atoms with Crippen molar-refractivity contribution in [1.82, 2.24) is 15.4 Å². The smallest absolute Gasteiger partial charge is 0.141 e. The van der Waals surface area contributed by atoms with E-state index < -0.39 is 0 Å².